The molecule has 0 spiro atoms. The summed E-state index contributed by atoms with van der Waals surface area (Å²) in [4.78, 5) is 11.2. The Kier molecular flexibility index (Phi) is 3.64. The Morgan fingerprint density at radius 3 is 2.70 bits per heavy atom. The molecule has 1 aromatic carbocycles. The zero-order chi connectivity index (χ0) is 14.8. The van der Waals surface area contributed by atoms with E-state index >= 15 is 0 Å². The van der Waals surface area contributed by atoms with Crippen LogP contribution in [0.25, 0.3) is 11.3 Å². The highest BCUT2D eigenvalue weighted by molar-refractivity contribution is 5.88. The Balaban J connectivity index is 2.27. The Hall–Kier alpha value is -2.51. The van der Waals surface area contributed by atoms with Crippen molar-refractivity contribution in [3.8, 4) is 17.0 Å². The monoisotopic (exact) mass is 286 g/mol. The van der Waals surface area contributed by atoms with E-state index in [0.29, 0.717) is 11.3 Å². The second-order valence-corrected chi connectivity index (χ2v) is 3.73. The molecule has 0 radical (unpaired) electrons. The molecule has 1 N–H and O–H groups in total. The van der Waals surface area contributed by atoms with Crippen molar-refractivity contribution in [2.75, 3.05) is 7.11 Å². The molecule has 0 fully saturated rings. The van der Waals surface area contributed by atoms with Crippen molar-refractivity contribution in [2.45, 2.75) is 6.36 Å². The lowest BCUT2D eigenvalue weighted by Gasteiger charge is -2.09. The normalized spacial score (nSPS) is 11.2. The van der Waals surface area contributed by atoms with E-state index < -0.39 is 12.3 Å². The van der Waals surface area contributed by atoms with Gasteiger partial charge in [-0.2, -0.15) is 5.10 Å². The highest BCUT2D eigenvalue weighted by Gasteiger charge is 2.31. The van der Waals surface area contributed by atoms with E-state index in [4.69, 9.17) is 0 Å². The van der Waals surface area contributed by atoms with Crippen LogP contribution in [0, 0.1) is 0 Å². The molecule has 0 atom stereocenters. The number of benzene rings is 1. The van der Waals surface area contributed by atoms with Gasteiger partial charge in [0.2, 0.25) is 0 Å². The van der Waals surface area contributed by atoms with Crippen LogP contribution >= 0.6 is 0 Å². The summed E-state index contributed by atoms with van der Waals surface area (Å²) in [7, 11) is 1.21. The second kappa shape index (κ2) is 5.24. The zero-order valence-electron chi connectivity index (χ0n) is 10.2. The summed E-state index contributed by atoms with van der Waals surface area (Å²) in [5.74, 6) is -0.982. The number of halogens is 3. The highest BCUT2D eigenvalue weighted by Crippen LogP contribution is 2.27. The topological polar surface area (TPSA) is 64.2 Å². The predicted molar refractivity (Wildman–Crippen MR) is 62.0 cm³/mol. The number of hydrogen-bond donors (Lipinski definition) is 1. The highest BCUT2D eigenvalue weighted by atomic mass is 19.4. The van der Waals surface area contributed by atoms with Gasteiger partial charge < -0.3 is 9.47 Å². The number of rotatable bonds is 3. The molecule has 0 bridgehead atoms. The molecule has 106 valence electrons. The van der Waals surface area contributed by atoms with Crippen LogP contribution in [0.2, 0.25) is 0 Å². The van der Waals surface area contributed by atoms with Crippen molar-refractivity contribution in [2.24, 2.45) is 0 Å². The van der Waals surface area contributed by atoms with Crippen molar-refractivity contribution in [3.63, 3.8) is 0 Å². The van der Waals surface area contributed by atoms with Crippen molar-refractivity contribution >= 4 is 5.97 Å². The Morgan fingerprint density at radius 2 is 2.05 bits per heavy atom. The van der Waals surface area contributed by atoms with E-state index in [1.807, 2.05) is 0 Å². The summed E-state index contributed by atoms with van der Waals surface area (Å²) in [6.07, 6.45) is -4.76. The van der Waals surface area contributed by atoms with Gasteiger partial charge >= 0.3 is 12.3 Å². The van der Waals surface area contributed by atoms with Gasteiger partial charge in [-0.3, -0.25) is 5.10 Å². The lowest BCUT2D eigenvalue weighted by molar-refractivity contribution is -0.274. The van der Waals surface area contributed by atoms with Crippen molar-refractivity contribution in [1.29, 1.82) is 0 Å². The van der Waals surface area contributed by atoms with E-state index in [9.17, 15) is 18.0 Å². The number of H-pyrrole nitrogens is 1. The van der Waals surface area contributed by atoms with Gasteiger partial charge in [-0.05, 0) is 18.2 Å². The third kappa shape index (κ3) is 3.28. The van der Waals surface area contributed by atoms with Crippen LogP contribution < -0.4 is 4.74 Å². The molecular formula is C12H9F3N2O3. The lowest BCUT2D eigenvalue weighted by Crippen LogP contribution is -2.17. The predicted octanol–water partition coefficient (Wildman–Crippen LogP) is 2.76. The van der Waals surface area contributed by atoms with Crippen LogP contribution in [0.15, 0.2) is 30.3 Å². The third-order valence-corrected chi connectivity index (χ3v) is 2.35. The molecule has 0 aliphatic rings. The fourth-order valence-corrected chi connectivity index (χ4v) is 1.54. The quantitative estimate of drug-likeness (QED) is 0.881. The average molecular weight is 286 g/mol. The smallest absolute Gasteiger partial charge is 0.464 e. The molecule has 0 saturated heterocycles. The molecule has 0 saturated carbocycles. The molecule has 5 nitrogen and oxygen atoms in total. The average Bonchev–Trinajstić information content (AvgIpc) is 2.85. The minimum Gasteiger partial charge on any atom is -0.464 e. The number of hydrogen-bond acceptors (Lipinski definition) is 4. The van der Waals surface area contributed by atoms with E-state index in [1.165, 1.54) is 31.4 Å². The van der Waals surface area contributed by atoms with E-state index in [0.717, 1.165) is 0 Å². The molecule has 0 amide bonds. The number of aromatic amines is 1. The number of carbonyl (C=O) groups is 1. The summed E-state index contributed by atoms with van der Waals surface area (Å²) in [5, 5.41) is 6.27. The first-order valence-corrected chi connectivity index (χ1v) is 5.39. The van der Waals surface area contributed by atoms with Crippen LogP contribution in [0.4, 0.5) is 13.2 Å². The first-order valence-electron chi connectivity index (χ1n) is 5.39. The molecule has 1 aromatic heterocycles. The number of alkyl halides is 3. The molecule has 0 aliphatic carbocycles. The summed E-state index contributed by atoms with van der Waals surface area (Å²) < 4.78 is 44.7. The van der Waals surface area contributed by atoms with E-state index in [1.54, 1.807) is 6.07 Å². The Bertz CT molecular complexity index is 622. The zero-order valence-corrected chi connectivity index (χ0v) is 10.2. The number of nitrogens with zero attached hydrogens (tertiary/aromatic N) is 1. The van der Waals surface area contributed by atoms with Crippen LogP contribution in [0.1, 0.15) is 10.5 Å². The number of methoxy groups -OCH3 is 1. The third-order valence-electron chi connectivity index (χ3n) is 2.35. The van der Waals surface area contributed by atoms with Gasteiger partial charge in [-0.15, -0.1) is 13.2 Å². The van der Waals surface area contributed by atoms with Gasteiger partial charge in [0.15, 0.2) is 0 Å². The first-order chi connectivity index (χ1) is 9.39. The van der Waals surface area contributed by atoms with Gasteiger partial charge in [-0.25, -0.2) is 4.79 Å². The molecule has 8 heteroatoms. The maximum absolute atomic E-state index is 12.1. The van der Waals surface area contributed by atoms with Crippen LogP contribution in [-0.4, -0.2) is 29.6 Å². The molecule has 1 heterocycles. The van der Waals surface area contributed by atoms with Crippen LogP contribution in [0.3, 0.4) is 0 Å². The SMILES string of the molecule is COC(=O)c1cc(-c2cccc(OC(F)(F)F)c2)n[nH]1. The molecular weight excluding hydrogens is 277 g/mol. The molecule has 2 aromatic rings. The Morgan fingerprint density at radius 1 is 1.30 bits per heavy atom. The van der Waals surface area contributed by atoms with Gasteiger partial charge in [0, 0.05) is 5.56 Å². The number of nitrogens with one attached hydrogen (secondary N) is 1. The van der Waals surface area contributed by atoms with Crippen LogP contribution in [-0.2, 0) is 4.74 Å². The van der Waals surface area contributed by atoms with Crippen molar-refractivity contribution in [1.82, 2.24) is 10.2 Å². The number of aromatic nitrogens is 2. The summed E-state index contributed by atoms with van der Waals surface area (Å²) in [6.45, 7) is 0. The van der Waals surface area contributed by atoms with Gasteiger partial charge in [-0.1, -0.05) is 12.1 Å². The maximum atomic E-state index is 12.1. The largest absolute Gasteiger partial charge is 0.573 e. The summed E-state index contributed by atoms with van der Waals surface area (Å²) in [5.41, 5.74) is 0.779. The fraction of sp³-hybridized carbons (Fsp3) is 0.167. The second-order valence-electron chi connectivity index (χ2n) is 3.73. The lowest BCUT2D eigenvalue weighted by atomic mass is 10.1. The Labute approximate surface area is 111 Å². The molecule has 0 aliphatic heterocycles. The number of carbonyl (C=O) groups excluding carboxylic acids is 1. The summed E-state index contributed by atoms with van der Waals surface area (Å²) in [6, 6.07) is 6.65. The van der Waals surface area contributed by atoms with Gasteiger partial charge in [0.25, 0.3) is 0 Å². The number of esters is 1. The maximum Gasteiger partial charge on any atom is 0.573 e. The minimum absolute atomic E-state index is 0.102. The van der Waals surface area contributed by atoms with Gasteiger partial charge in [0.05, 0.1) is 12.8 Å². The summed E-state index contributed by atoms with van der Waals surface area (Å²) >= 11 is 0. The molecule has 0 unspecified atom stereocenters. The van der Waals surface area contributed by atoms with E-state index in [2.05, 4.69) is 19.7 Å². The van der Waals surface area contributed by atoms with E-state index in [-0.39, 0.29) is 11.4 Å². The number of ether oxygens (including phenoxy) is 2. The van der Waals surface area contributed by atoms with Crippen LogP contribution in [0.5, 0.6) is 5.75 Å². The minimum atomic E-state index is -4.76. The fourth-order valence-electron chi connectivity index (χ4n) is 1.54. The first kappa shape index (κ1) is 13.9. The molecule has 2 rings (SSSR count). The standard InChI is InChI=1S/C12H9F3N2O3/c1-19-11(18)10-6-9(16-17-10)7-3-2-4-8(5-7)20-12(13,14)15/h2-6H,1H3,(H,16,17). The van der Waals surface area contributed by atoms with Gasteiger partial charge in [0.1, 0.15) is 11.4 Å². The van der Waals surface area contributed by atoms with Crippen molar-refractivity contribution < 1.29 is 27.4 Å². The van der Waals surface area contributed by atoms with Crippen molar-refractivity contribution in [3.05, 3.63) is 36.0 Å². The molecule has 20 heavy (non-hydrogen) atoms.